The monoisotopic (exact) mass is 276 g/mol. The highest BCUT2D eigenvalue weighted by Crippen LogP contribution is 2.30. The third-order valence-corrected chi connectivity index (χ3v) is 3.84. The topological polar surface area (TPSA) is 64.3 Å². The Morgan fingerprint density at radius 1 is 1.40 bits per heavy atom. The molecule has 0 heterocycles. The van der Waals surface area contributed by atoms with Crippen molar-refractivity contribution in [3.8, 4) is 5.75 Å². The van der Waals surface area contributed by atoms with Gasteiger partial charge in [-0.2, -0.15) is 0 Å². The largest absolute Gasteiger partial charge is 0.494 e. The summed E-state index contributed by atoms with van der Waals surface area (Å²) in [4.78, 5) is 11.8. The van der Waals surface area contributed by atoms with E-state index in [9.17, 15) is 4.79 Å². The molecule has 1 fully saturated rings. The molecule has 0 saturated heterocycles. The number of hydrogen-bond acceptors (Lipinski definition) is 3. The predicted octanol–water partition coefficient (Wildman–Crippen LogP) is 2.18. The molecule has 2 rings (SSSR count). The first-order valence-electron chi connectivity index (χ1n) is 7.34. The second kappa shape index (κ2) is 6.27. The highest BCUT2D eigenvalue weighted by atomic mass is 16.5. The van der Waals surface area contributed by atoms with Crippen LogP contribution >= 0.6 is 0 Å². The molecule has 0 aromatic heterocycles. The molecule has 1 unspecified atom stereocenters. The fourth-order valence-electron chi connectivity index (χ4n) is 2.11. The number of rotatable bonds is 8. The van der Waals surface area contributed by atoms with Crippen LogP contribution in [0.25, 0.3) is 0 Å². The van der Waals surface area contributed by atoms with E-state index in [2.05, 4.69) is 12.2 Å². The van der Waals surface area contributed by atoms with Gasteiger partial charge in [0.1, 0.15) is 11.3 Å². The predicted molar refractivity (Wildman–Crippen MR) is 79.5 cm³/mol. The molecule has 1 saturated carbocycles. The number of hydrogen-bond donors (Lipinski definition) is 2. The number of amides is 1. The van der Waals surface area contributed by atoms with Crippen LogP contribution in [0.4, 0.5) is 0 Å². The van der Waals surface area contributed by atoms with Crippen molar-refractivity contribution in [1.82, 2.24) is 5.32 Å². The fraction of sp³-hybridized carbons (Fsp3) is 0.562. The summed E-state index contributed by atoms with van der Waals surface area (Å²) in [6, 6.07) is 7.61. The highest BCUT2D eigenvalue weighted by molar-refractivity contribution is 5.85. The first kappa shape index (κ1) is 14.9. The molecule has 3 N–H and O–H groups in total. The zero-order chi connectivity index (χ0) is 14.6. The van der Waals surface area contributed by atoms with Crippen LogP contribution in [0.1, 0.15) is 38.7 Å². The van der Waals surface area contributed by atoms with Gasteiger partial charge >= 0.3 is 0 Å². The quantitative estimate of drug-likeness (QED) is 0.765. The van der Waals surface area contributed by atoms with Crippen LogP contribution in [0.2, 0.25) is 0 Å². The van der Waals surface area contributed by atoms with E-state index < -0.39 is 5.54 Å². The Labute approximate surface area is 120 Å². The van der Waals surface area contributed by atoms with Gasteiger partial charge in [0.05, 0.1) is 6.61 Å². The van der Waals surface area contributed by atoms with E-state index in [0.717, 1.165) is 24.3 Å². The summed E-state index contributed by atoms with van der Waals surface area (Å²) < 4.78 is 5.55. The lowest BCUT2D eigenvalue weighted by Crippen LogP contribution is -2.51. The van der Waals surface area contributed by atoms with Crippen molar-refractivity contribution in [2.45, 2.75) is 38.6 Å². The molecular weight excluding hydrogens is 252 g/mol. The Morgan fingerprint density at radius 2 is 2.05 bits per heavy atom. The number of carbonyl (C=O) groups is 1. The molecule has 110 valence electrons. The molecule has 4 nitrogen and oxygen atoms in total. The molecule has 0 spiro atoms. The minimum absolute atomic E-state index is 0.347. The molecule has 0 aliphatic heterocycles. The van der Waals surface area contributed by atoms with Gasteiger partial charge in [-0.1, -0.05) is 19.1 Å². The van der Waals surface area contributed by atoms with Gasteiger partial charge in [-0.15, -0.1) is 0 Å². The zero-order valence-corrected chi connectivity index (χ0v) is 12.3. The van der Waals surface area contributed by atoms with Gasteiger partial charge < -0.3 is 10.5 Å². The van der Waals surface area contributed by atoms with Crippen LogP contribution < -0.4 is 15.8 Å². The van der Waals surface area contributed by atoms with Crippen molar-refractivity contribution in [1.29, 1.82) is 0 Å². The van der Waals surface area contributed by atoms with Crippen molar-refractivity contribution in [3.63, 3.8) is 0 Å². The Hall–Kier alpha value is -1.55. The van der Waals surface area contributed by atoms with E-state index in [-0.39, 0.29) is 5.91 Å². The summed E-state index contributed by atoms with van der Waals surface area (Å²) in [6.07, 6.45) is 3.46. The van der Waals surface area contributed by atoms with Gasteiger partial charge in [0.25, 0.3) is 0 Å². The zero-order valence-electron chi connectivity index (χ0n) is 12.3. The minimum atomic E-state index is -0.814. The maximum Gasteiger partial charge on any atom is 0.242 e. The summed E-state index contributed by atoms with van der Waals surface area (Å²) in [5, 5.41) is 3.32. The second-order valence-electron chi connectivity index (χ2n) is 5.69. The number of ether oxygens (including phenoxy) is 1. The molecule has 1 amide bonds. The van der Waals surface area contributed by atoms with Crippen molar-refractivity contribution in [2.75, 3.05) is 13.2 Å². The van der Waals surface area contributed by atoms with Gasteiger partial charge in [-0.05, 0) is 56.3 Å². The van der Waals surface area contributed by atoms with Gasteiger partial charge in [0, 0.05) is 0 Å². The lowest BCUT2D eigenvalue weighted by molar-refractivity contribution is -0.124. The van der Waals surface area contributed by atoms with Crippen molar-refractivity contribution >= 4 is 5.91 Å². The normalized spacial score (nSPS) is 17.5. The summed E-state index contributed by atoms with van der Waals surface area (Å²) in [5.41, 5.74) is 5.67. The van der Waals surface area contributed by atoms with E-state index >= 15 is 0 Å². The lowest BCUT2D eigenvalue weighted by Gasteiger charge is -2.28. The first-order valence-corrected chi connectivity index (χ1v) is 7.34. The van der Waals surface area contributed by atoms with E-state index in [1.807, 2.05) is 31.2 Å². The number of nitrogens with two attached hydrogens (primary N) is 1. The molecular formula is C16H24N2O2. The van der Waals surface area contributed by atoms with Crippen LogP contribution in [0, 0.1) is 5.92 Å². The average molecular weight is 276 g/mol. The Bertz CT molecular complexity index is 454. The maximum absolute atomic E-state index is 11.8. The summed E-state index contributed by atoms with van der Waals surface area (Å²) in [5.74, 6) is 1.17. The molecule has 1 aromatic rings. The number of primary amides is 1. The third kappa shape index (κ3) is 3.51. The summed E-state index contributed by atoms with van der Waals surface area (Å²) in [6.45, 7) is 5.46. The van der Waals surface area contributed by atoms with Crippen LogP contribution in [0.3, 0.4) is 0 Å². The fourth-order valence-corrected chi connectivity index (χ4v) is 2.11. The second-order valence-corrected chi connectivity index (χ2v) is 5.69. The van der Waals surface area contributed by atoms with Gasteiger partial charge in [0.2, 0.25) is 5.91 Å². The standard InChI is InChI=1S/C16H24N2O2/c1-3-10-20-14-8-6-13(7-9-14)16(2,15(17)19)18-11-12-4-5-12/h6-9,12,18H,3-5,10-11H2,1-2H3,(H2,17,19). The SMILES string of the molecule is CCCOc1ccc(C(C)(NCC2CC2)C(N)=O)cc1. The molecule has 0 bridgehead atoms. The number of nitrogens with one attached hydrogen (secondary N) is 1. The smallest absolute Gasteiger partial charge is 0.242 e. The number of benzene rings is 1. The summed E-state index contributed by atoms with van der Waals surface area (Å²) in [7, 11) is 0. The molecule has 1 aliphatic carbocycles. The van der Waals surface area contributed by atoms with Gasteiger partial charge in [0.15, 0.2) is 0 Å². The minimum Gasteiger partial charge on any atom is -0.494 e. The Balaban J connectivity index is 2.09. The Morgan fingerprint density at radius 3 is 2.55 bits per heavy atom. The third-order valence-electron chi connectivity index (χ3n) is 3.84. The molecule has 4 heteroatoms. The van der Waals surface area contributed by atoms with E-state index in [1.54, 1.807) is 0 Å². The van der Waals surface area contributed by atoms with Crippen LogP contribution in [0.5, 0.6) is 5.75 Å². The lowest BCUT2D eigenvalue weighted by atomic mass is 9.91. The van der Waals surface area contributed by atoms with Crippen LogP contribution in [-0.4, -0.2) is 19.1 Å². The van der Waals surface area contributed by atoms with E-state index in [0.29, 0.717) is 12.5 Å². The van der Waals surface area contributed by atoms with Crippen LogP contribution in [-0.2, 0) is 10.3 Å². The molecule has 1 aliphatic rings. The average Bonchev–Trinajstić information content (AvgIpc) is 3.27. The van der Waals surface area contributed by atoms with E-state index in [4.69, 9.17) is 10.5 Å². The molecule has 0 radical (unpaired) electrons. The maximum atomic E-state index is 11.8. The van der Waals surface area contributed by atoms with Crippen molar-refractivity contribution in [3.05, 3.63) is 29.8 Å². The number of carbonyl (C=O) groups excluding carboxylic acids is 1. The van der Waals surface area contributed by atoms with Gasteiger partial charge in [-0.3, -0.25) is 10.1 Å². The Kier molecular flexibility index (Phi) is 4.65. The molecule has 1 atom stereocenters. The molecule has 20 heavy (non-hydrogen) atoms. The van der Waals surface area contributed by atoms with Crippen LogP contribution in [0.15, 0.2) is 24.3 Å². The van der Waals surface area contributed by atoms with Crippen molar-refractivity contribution < 1.29 is 9.53 Å². The molecule has 1 aromatic carbocycles. The van der Waals surface area contributed by atoms with Crippen molar-refractivity contribution in [2.24, 2.45) is 11.7 Å². The van der Waals surface area contributed by atoms with E-state index in [1.165, 1.54) is 12.8 Å². The highest BCUT2D eigenvalue weighted by Gasteiger charge is 2.34. The first-order chi connectivity index (χ1) is 9.56. The van der Waals surface area contributed by atoms with Gasteiger partial charge in [-0.25, -0.2) is 0 Å². The summed E-state index contributed by atoms with van der Waals surface area (Å²) >= 11 is 0.